The van der Waals surface area contributed by atoms with Crippen LogP contribution in [-0.4, -0.2) is 46.3 Å². The summed E-state index contributed by atoms with van der Waals surface area (Å²) in [5.74, 6) is 0.691. The molecular weight excluding hydrogens is 322 g/mol. The molecule has 1 spiro atoms. The van der Waals surface area contributed by atoms with Crippen molar-refractivity contribution in [3.05, 3.63) is 40.5 Å². The third kappa shape index (κ3) is 3.45. The molecule has 5 nitrogen and oxygen atoms in total. The lowest BCUT2D eigenvalue weighted by Crippen LogP contribution is -2.47. The van der Waals surface area contributed by atoms with Crippen LogP contribution in [0.4, 0.5) is 0 Å². The van der Waals surface area contributed by atoms with E-state index in [1.807, 2.05) is 23.7 Å². The van der Waals surface area contributed by atoms with E-state index in [1.54, 1.807) is 17.5 Å². The Hall–Kier alpha value is -1.50. The minimum absolute atomic E-state index is 0.0592. The van der Waals surface area contributed by atoms with Gasteiger partial charge in [-0.2, -0.15) is 0 Å². The lowest BCUT2D eigenvalue weighted by molar-refractivity contribution is -0.0537. The van der Waals surface area contributed by atoms with Gasteiger partial charge in [0.05, 0.1) is 23.4 Å². The smallest absolute Gasteiger partial charge is 0.213 e. The van der Waals surface area contributed by atoms with E-state index in [1.165, 1.54) is 11.3 Å². The highest BCUT2D eigenvalue weighted by molar-refractivity contribution is 7.09. The van der Waals surface area contributed by atoms with Crippen molar-refractivity contribution >= 4 is 11.3 Å². The third-order valence-corrected chi connectivity index (χ3v) is 5.85. The monoisotopic (exact) mass is 345 g/mol. The topological polar surface area (TPSA) is 47.5 Å². The first-order valence-corrected chi connectivity index (χ1v) is 9.43. The molecule has 2 aliphatic heterocycles. The number of thiazole rings is 1. The predicted octanol–water partition coefficient (Wildman–Crippen LogP) is 3.05. The van der Waals surface area contributed by atoms with Crippen molar-refractivity contribution in [3.63, 3.8) is 0 Å². The van der Waals surface area contributed by atoms with Gasteiger partial charge in [-0.15, -0.1) is 11.3 Å². The fourth-order valence-electron chi connectivity index (χ4n) is 3.76. The van der Waals surface area contributed by atoms with Crippen molar-refractivity contribution in [1.82, 2.24) is 14.9 Å². The largest absolute Gasteiger partial charge is 0.472 e. The van der Waals surface area contributed by atoms with Crippen LogP contribution >= 0.6 is 11.3 Å². The molecule has 2 fully saturated rings. The Bertz CT molecular complexity index is 678. The molecule has 0 saturated carbocycles. The molecule has 4 heterocycles. The number of aryl methyl sites for hydroxylation is 1. The zero-order chi connectivity index (χ0) is 16.4. The normalized spacial score (nSPS) is 27.6. The van der Waals surface area contributed by atoms with Gasteiger partial charge in [-0.3, -0.25) is 4.90 Å². The summed E-state index contributed by atoms with van der Waals surface area (Å²) in [5.41, 5.74) is 3.03. The highest BCUT2D eigenvalue weighted by Crippen LogP contribution is 2.36. The minimum atomic E-state index is -0.0592. The molecule has 0 radical (unpaired) electrons. The predicted molar refractivity (Wildman–Crippen MR) is 93.3 cm³/mol. The number of nitrogens with zero attached hydrogens (tertiary/aromatic N) is 3. The van der Waals surface area contributed by atoms with E-state index in [4.69, 9.17) is 9.47 Å². The van der Waals surface area contributed by atoms with Crippen LogP contribution in [0.3, 0.4) is 0 Å². The molecule has 0 amide bonds. The Morgan fingerprint density at radius 1 is 1.42 bits per heavy atom. The van der Waals surface area contributed by atoms with Crippen molar-refractivity contribution in [2.45, 2.75) is 44.4 Å². The Kier molecular flexibility index (Phi) is 4.52. The van der Waals surface area contributed by atoms with E-state index in [0.29, 0.717) is 12.5 Å². The fraction of sp³-hybridized carbons (Fsp3) is 0.556. The van der Waals surface area contributed by atoms with E-state index >= 15 is 0 Å². The molecule has 2 aromatic rings. The third-order valence-electron chi connectivity index (χ3n) is 4.93. The van der Waals surface area contributed by atoms with Gasteiger partial charge in [0, 0.05) is 36.7 Å². The van der Waals surface area contributed by atoms with Gasteiger partial charge in [-0.1, -0.05) is 6.07 Å². The molecule has 2 aliphatic rings. The maximum Gasteiger partial charge on any atom is 0.213 e. The average Bonchev–Trinajstić information content (AvgIpc) is 3.16. The Morgan fingerprint density at radius 2 is 2.38 bits per heavy atom. The summed E-state index contributed by atoms with van der Waals surface area (Å²) < 4.78 is 12.2. The molecule has 6 heteroatoms. The maximum atomic E-state index is 6.24. The summed E-state index contributed by atoms with van der Waals surface area (Å²) in [6.07, 6.45) is 5.11. The van der Waals surface area contributed by atoms with E-state index < -0.39 is 0 Å². The number of pyridine rings is 1. The van der Waals surface area contributed by atoms with Gasteiger partial charge in [0.1, 0.15) is 6.10 Å². The van der Waals surface area contributed by atoms with E-state index in [-0.39, 0.29) is 11.7 Å². The molecule has 2 saturated heterocycles. The SMILES string of the molecule is Cc1ncsc1CN1CCC[C@]2(C[C@H](Oc3ccccn3)CO2)C1. The van der Waals surface area contributed by atoms with Crippen LogP contribution < -0.4 is 4.74 Å². The summed E-state index contributed by atoms with van der Waals surface area (Å²) in [5, 5.41) is 0. The average molecular weight is 345 g/mol. The molecule has 0 aromatic carbocycles. The molecular formula is C18H23N3O2S. The van der Waals surface area contributed by atoms with E-state index in [0.717, 1.165) is 38.2 Å². The van der Waals surface area contributed by atoms with Crippen molar-refractivity contribution < 1.29 is 9.47 Å². The minimum Gasteiger partial charge on any atom is -0.472 e. The molecule has 24 heavy (non-hydrogen) atoms. The Labute approximate surface area is 146 Å². The molecule has 2 aromatic heterocycles. The van der Waals surface area contributed by atoms with Gasteiger partial charge in [0.15, 0.2) is 0 Å². The molecule has 128 valence electrons. The van der Waals surface area contributed by atoms with Crippen LogP contribution in [0.25, 0.3) is 0 Å². The molecule has 0 bridgehead atoms. The zero-order valence-corrected chi connectivity index (χ0v) is 14.8. The van der Waals surface area contributed by atoms with Crippen LogP contribution in [0.15, 0.2) is 29.9 Å². The van der Waals surface area contributed by atoms with Crippen molar-refractivity contribution in [2.75, 3.05) is 19.7 Å². The second-order valence-electron chi connectivity index (χ2n) is 6.78. The molecule has 4 rings (SSSR count). The van der Waals surface area contributed by atoms with Gasteiger partial charge in [-0.25, -0.2) is 9.97 Å². The van der Waals surface area contributed by atoms with Gasteiger partial charge >= 0.3 is 0 Å². The number of rotatable bonds is 4. The second-order valence-corrected chi connectivity index (χ2v) is 7.72. The maximum absolute atomic E-state index is 6.24. The van der Waals surface area contributed by atoms with E-state index in [2.05, 4.69) is 21.8 Å². The first kappa shape index (κ1) is 16.0. The summed E-state index contributed by atoms with van der Waals surface area (Å²) in [6, 6.07) is 5.76. The van der Waals surface area contributed by atoms with E-state index in [9.17, 15) is 0 Å². The van der Waals surface area contributed by atoms with Crippen LogP contribution in [-0.2, 0) is 11.3 Å². The number of hydrogen-bond acceptors (Lipinski definition) is 6. The molecule has 0 N–H and O–H groups in total. The van der Waals surface area contributed by atoms with Crippen molar-refractivity contribution in [3.8, 4) is 5.88 Å². The van der Waals surface area contributed by atoms with Crippen LogP contribution in [0.2, 0.25) is 0 Å². The summed E-state index contributed by atoms with van der Waals surface area (Å²) in [6.45, 7) is 5.84. The lowest BCUT2D eigenvalue weighted by Gasteiger charge is -2.39. The first-order valence-electron chi connectivity index (χ1n) is 8.55. The summed E-state index contributed by atoms with van der Waals surface area (Å²) in [4.78, 5) is 12.5. The quantitative estimate of drug-likeness (QED) is 0.852. The standard InChI is InChI=1S/C18H23N3O2S/c1-14-16(24-13-20-14)10-21-8-4-6-18(12-21)9-15(11-22-18)23-17-5-2-3-7-19-17/h2-3,5,7,13,15H,4,6,8-12H2,1H3/t15-,18-/m0/s1. The first-order chi connectivity index (χ1) is 11.7. The molecule has 0 aliphatic carbocycles. The van der Waals surface area contributed by atoms with Gasteiger partial charge < -0.3 is 9.47 Å². The van der Waals surface area contributed by atoms with Crippen LogP contribution in [0.1, 0.15) is 29.8 Å². The Morgan fingerprint density at radius 3 is 3.17 bits per heavy atom. The highest BCUT2D eigenvalue weighted by Gasteiger charge is 2.44. The number of aromatic nitrogens is 2. The molecule has 2 atom stereocenters. The summed E-state index contributed by atoms with van der Waals surface area (Å²) in [7, 11) is 0. The van der Waals surface area contributed by atoms with Gasteiger partial charge in [0.2, 0.25) is 5.88 Å². The number of hydrogen-bond donors (Lipinski definition) is 0. The molecule has 0 unspecified atom stereocenters. The summed E-state index contributed by atoms with van der Waals surface area (Å²) >= 11 is 1.75. The fourth-order valence-corrected chi connectivity index (χ4v) is 4.58. The van der Waals surface area contributed by atoms with Gasteiger partial charge in [0.25, 0.3) is 0 Å². The van der Waals surface area contributed by atoms with Crippen molar-refractivity contribution in [2.24, 2.45) is 0 Å². The van der Waals surface area contributed by atoms with Crippen LogP contribution in [0.5, 0.6) is 5.88 Å². The lowest BCUT2D eigenvalue weighted by atomic mass is 9.89. The highest BCUT2D eigenvalue weighted by atomic mass is 32.1. The zero-order valence-electron chi connectivity index (χ0n) is 14.0. The van der Waals surface area contributed by atoms with Crippen molar-refractivity contribution in [1.29, 1.82) is 0 Å². The number of likely N-dealkylation sites (tertiary alicyclic amines) is 1. The van der Waals surface area contributed by atoms with Crippen LogP contribution in [0, 0.1) is 6.92 Å². The number of piperidine rings is 1. The number of ether oxygens (including phenoxy) is 2. The Balaban J connectivity index is 1.38. The van der Waals surface area contributed by atoms with Gasteiger partial charge in [-0.05, 0) is 32.4 Å². The second kappa shape index (κ2) is 6.78.